The van der Waals surface area contributed by atoms with Gasteiger partial charge in [0.05, 0.1) is 11.1 Å². The maximum absolute atomic E-state index is 12.4. The van der Waals surface area contributed by atoms with Gasteiger partial charge >= 0.3 is 12.3 Å². The summed E-state index contributed by atoms with van der Waals surface area (Å²) in [6.07, 6.45) is -4.43. The number of aromatic nitrogens is 1. The normalized spacial score (nSPS) is 11.9. The monoisotopic (exact) mass is 229 g/mol. The number of halogens is 3. The fourth-order valence-corrected chi connectivity index (χ4v) is 1.49. The Kier molecular flexibility index (Phi) is 2.15. The van der Waals surface area contributed by atoms with E-state index in [1.54, 1.807) is 0 Å². The third-order valence-corrected chi connectivity index (χ3v) is 2.22. The molecule has 1 aromatic carbocycles. The second-order valence-electron chi connectivity index (χ2n) is 3.24. The predicted octanol–water partition coefficient (Wildman–Crippen LogP) is 3.19. The van der Waals surface area contributed by atoms with E-state index in [0.717, 1.165) is 22.8 Å². The van der Waals surface area contributed by atoms with Crippen molar-refractivity contribution in [2.24, 2.45) is 0 Å². The molecule has 2 rings (SSSR count). The number of hydrogen-bond donors (Lipinski definition) is 1. The molecule has 0 aliphatic rings. The minimum atomic E-state index is -4.42. The van der Waals surface area contributed by atoms with Gasteiger partial charge in [-0.1, -0.05) is 0 Å². The lowest BCUT2D eigenvalue weighted by atomic mass is 10.1. The van der Waals surface area contributed by atoms with Crippen LogP contribution in [0.15, 0.2) is 30.5 Å². The van der Waals surface area contributed by atoms with E-state index in [4.69, 9.17) is 5.11 Å². The van der Waals surface area contributed by atoms with Crippen molar-refractivity contribution >= 4 is 17.0 Å². The van der Waals surface area contributed by atoms with Gasteiger partial charge in [-0.15, -0.1) is 0 Å². The number of rotatable bonds is 0. The summed E-state index contributed by atoms with van der Waals surface area (Å²) in [5.41, 5.74) is -0.552. The van der Waals surface area contributed by atoms with Crippen LogP contribution in [-0.2, 0) is 6.18 Å². The van der Waals surface area contributed by atoms with Crippen LogP contribution in [0.2, 0.25) is 0 Å². The number of nitrogens with zero attached hydrogens (tertiary/aromatic N) is 1. The van der Waals surface area contributed by atoms with Gasteiger partial charge in [0.2, 0.25) is 0 Å². The lowest BCUT2D eigenvalue weighted by Gasteiger charge is -2.06. The van der Waals surface area contributed by atoms with E-state index < -0.39 is 17.8 Å². The summed E-state index contributed by atoms with van der Waals surface area (Å²) in [7, 11) is 0. The molecule has 0 saturated heterocycles. The van der Waals surface area contributed by atoms with Crippen LogP contribution in [0, 0.1) is 0 Å². The first-order chi connectivity index (χ1) is 7.39. The summed E-state index contributed by atoms with van der Waals surface area (Å²) in [5, 5.41) is 8.99. The van der Waals surface area contributed by atoms with E-state index in [1.807, 2.05) is 0 Å². The minimum Gasteiger partial charge on any atom is -0.464 e. The molecule has 1 heterocycles. The smallest absolute Gasteiger partial charge is 0.416 e. The van der Waals surface area contributed by atoms with Gasteiger partial charge in [-0.05, 0) is 24.3 Å². The van der Waals surface area contributed by atoms with Crippen molar-refractivity contribution in [3.8, 4) is 0 Å². The standard InChI is InChI=1S/C10H6F3NO2/c11-10(12,13)7-1-2-8-6(5-7)3-4-14(8)9(15)16/h1-5H,(H,15,16). The molecular weight excluding hydrogens is 223 g/mol. The molecule has 1 N–H and O–H groups in total. The molecule has 0 fully saturated rings. The molecular formula is C10H6F3NO2. The summed E-state index contributed by atoms with van der Waals surface area (Å²) in [5.74, 6) is 0. The third kappa shape index (κ3) is 1.62. The Morgan fingerprint density at radius 3 is 2.50 bits per heavy atom. The van der Waals surface area contributed by atoms with Gasteiger partial charge in [-0.2, -0.15) is 13.2 Å². The zero-order valence-electron chi connectivity index (χ0n) is 7.82. The van der Waals surface area contributed by atoms with Crippen molar-refractivity contribution in [1.82, 2.24) is 4.57 Å². The Labute approximate surface area is 87.7 Å². The van der Waals surface area contributed by atoms with E-state index in [1.165, 1.54) is 12.3 Å². The summed E-state index contributed by atoms with van der Waals surface area (Å²) >= 11 is 0. The van der Waals surface area contributed by atoms with Crippen molar-refractivity contribution in [2.45, 2.75) is 6.18 Å². The molecule has 0 bridgehead atoms. The molecule has 16 heavy (non-hydrogen) atoms. The molecule has 84 valence electrons. The predicted molar refractivity (Wildman–Crippen MR) is 50.4 cm³/mol. The molecule has 0 saturated carbocycles. The molecule has 1 aromatic heterocycles. The van der Waals surface area contributed by atoms with Crippen LogP contribution in [0.1, 0.15) is 5.56 Å². The SMILES string of the molecule is O=C(O)n1ccc2cc(C(F)(F)F)ccc21. The van der Waals surface area contributed by atoms with Gasteiger partial charge in [0.15, 0.2) is 0 Å². The molecule has 6 heteroatoms. The Bertz CT molecular complexity index is 557. The van der Waals surface area contributed by atoms with Gasteiger partial charge in [0, 0.05) is 11.6 Å². The fourth-order valence-electron chi connectivity index (χ4n) is 1.49. The van der Waals surface area contributed by atoms with Crippen molar-refractivity contribution in [2.75, 3.05) is 0 Å². The highest BCUT2D eigenvalue weighted by atomic mass is 19.4. The highest BCUT2D eigenvalue weighted by molar-refractivity contribution is 5.89. The molecule has 3 nitrogen and oxygen atoms in total. The van der Waals surface area contributed by atoms with Crippen molar-refractivity contribution in [3.05, 3.63) is 36.0 Å². The van der Waals surface area contributed by atoms with E-state index in [2.05, 4.69) is 0 Å². The molecule has 0 aliphatic heterocycles. The molecule has 0 amide bonds. The van der Waals surface area contributed by atoms with E-state index >= 15 is 0 Å². The molecule has 0 radical (unpaired) electrons. The Hall–Kier alpha value is -1.98. The first-order valence-corrected chi connectivity index (χ1v) is 4.31. The third-order valence-electron chi connectivity index (χ3n) is 2.22. The first-order valence-electron chi connectivity index (χ1n) is 4.31. The van der Waals surface area contributed by atoms with Crippen LogP contribution in [0.3, 0.4) is 0 Å². The Morgan fingerprint density at radius 1 is 1.25 bits per heavy atom. The molecule has 0 unspecified atom stereocenters. The highest BCUT2D eigenvalue weighted by Crippen LogP contribution is 2.31. The number of alkyl halides is 3. The van der Waals surface area contributed by atoms with Crippen LogP contribution < -0.4 is 0 Å². The van der Waals surface area contributed by atoms with Gasteiger partial charge < -0.3 is 5.11 Å². The Balaban J connectivity index is 2.62. The van der Waals surface area contributed by atoms with Crippen LogP contribution in [0.4, 0.5) is 18.0 Å². The highest BCUT2D eigenvalue weighted by Gasteiger charge is 2.30. The number of fused-ring (bicyclic) bond motifs is 1. The maximum Gasteiger partial charge on any atom is 0.416 e. The van der Waals surface area contributed by atoms with Gasteiger partial charge in [0.1, 0.15) is 0 Å². The summed E-state index contributed by atoms with van der Waals surface area (Å²) in [6.45, 7) is 0. The molecule has 0 atom stereocenters. The molecule has 0 aliphatic carbocycles. The number of benzene rings is 1. The van der Waals surface area contributed by atoms with Gasteiger partial charge in [-0.25, -0.2) is 4.79 Å². The summed E-state index contributed by atoms with van der Waals surface area (Å²) < 4.78 is 37.9. The second kappa shape index (κ2) is 3.26. The lowest BCUT2D eigenvalue weighted by molar-refractivity contribution is -0.137. The summed E-state index contributed by atoms with van der Waals surface area (Å²) in [6, 6.07) is 4.27. The largest absolute Gasteiger partial charge is 0.464 e. The van der Waals surface area contributed by atoms with E-state index in [-0.39, 0.29) is 10.9 Å². The van der Waals surface area contributed by atoms with E-state index in [0.29, 0.717) is 0 Å². The van der Waals surface area contributed by atoms with Crippen LogP contribution >= 0.6 is 0 Å². The van der Waals surface area contributed by atoms with Crippen molar-refractivity contribution in [3.63, 3.8) is 0 Å². The van der Waals surface area contributed by atoms with Gasteiger partial charge in [-0.3, -0.25) is 4.57 Å². The van der Waals surface area contributed by atoms with Gasteiger partial charge in [0.25, 0.3) is 0 Å². The van der Waals surface area contributed by atoms with Crippen LogP contribution in [-0.4, -0.2) is 15.8 Å². The molecule has 2 aromatic rings. The number of carboxylic acid groups (broad SMARTS) is 1. The van der Waals surface area contributed by atoms with Crippen LogP contribution in [0.5, 0.6) is 0 Å². The topological polar surface area (TPSA) is 42.2 Å². The quantitative estimate of drug-likeness (QED) is 0.753. The average Bonchev–Trinajstić information content (AvgIpc) is 2.58. The maximum atomic E-state index is 12.4. The lowest BCUT2D eigenvalue weighted by Crippen LogP contribution is -2.07. The Morgan fingerprint density at radius 2 is 1.94 bits per heavy atom. The zero-order chi connectivity index (χ0) is 11.9. The number of carbonyl (C=O) groups is 1. The average molecular weight is 229 g/mol. The fraction of sp³-hybridized carbons (Fsp3) is 0.100. The van der Waals surface area contributed by atoms with Crippen LogP contribution in [0.25, 0.3) is 10.9 Å². The minimum absolute atomic E-state index is 0.237. The van der Waals surface area contributed by atoms with E-state index in [9.17, 15) is 18.0 Å². The number of hydrogen-bond acceptors (Lipinski definition) is 1. The summed E-state index contributed by atoms with van der Waals surface area (Å²) in [4.78, 5) is 10.7. The zero-order valence-corrected chi connectivity index (χ0v) is 7.82. The van der Waals surface area contributed by atoms with Crippen molar-refractivity contribution < 1.29 is 23.1 Å². The molecule has 0 spiro atoms. The first kappa shape index (κ1) is 10.5. The van der Waals surface area contributed by atoms with Crippen molar-refractivity contribution in [1.29, 1.82) is 0 Å². The second-order valence-corrected chi connectivity index (χ2v) is 3.24.